The predicted octanol–water partition coefficient (Wildman–Crippen LogP) is 4.04. The Bertz CT molecular complexity index is 627. The topological polar surface area (TPSA) is 41.1 Å². The van der Waals surface area contributed by atoms with Crippen molar-refractivity contribution in [3.63, 3.8) is 0 Å². The lowest BCUT2D eigenvalue weighted by Gasteiger charge is -2.11. The van der Waals surface area contributed by atoms with Gasteiger partial charge in [0.15, 0.2) is 0 Å². The first kappa shape index (κ1) is 15.6. The Labute approximate surface area is 130 Å². The van der Waals surface area contributed by atoms with Gasteiger partial charge in [-0.05, 0) is 51.5 Å². The van der Waals surface area contributed by atoms with Crippen molar-refractivity contribution < 1.29 is 4.79 Å². The Morgan fingerprint density at radius 2 is 1.95 bits per heavy atom. The van der Waals surface area contributed by atoms with Gasteiger partial charge in [-0.3, -0.25) is 4.79 Å². The first-order valence-corrected chi connectivity index (χ1v) is 8.01. The first-order valence-electron chi connectivity index (χ1n) is 7.20. The van der Waals surface area contributed by atoms with Gasteiger partial charge in [0.05, 0.1) is 12.1 Å². The van der Waals surface area contributed by atoms with Crippen LogP contribution < -0.4 is 10.6 Å². The average molecular weight is 302 g/mol. The monoisotopic (exact) mass is 302 g/mol. The Balaban J connectivity index is 2.10. The molecule has 0 aliphatic rings. The highest BCUT2D eigenvalue weighted by molar-refractivity contribution is 7.12. The van der Waals surface area contributed by atoms with E-state index in [0.29, 0.717) is 12.1 Å². The number of nitrogens with one attached hydrogen (secondary N) is 2. The number of rotatable bonds is 5. The van der Waals surface area contributed by atoms with Crippen molar-refractivity contribution in [1.29, 1.82) is 0 Å². The third-order valence-electron chi connectivity index (χ3n) is 3.43. The minimum atomic E-state index is -0.0293. The Kier molecular flexibility index (Phi) is 5.02. The Hall–Kier alpha value is -1.81. The smallest absolute Gasteiger partial charge is 0.253 e. The molecule has 112 valence electrons. The maximum Gasteiger partial charge on any atom is 0.253 e. The molecule has 0 unspecified atom stereocenters. The molecule has 0 aliphatic heterocycles. The predicted molar refractivity (Wildman–Crippen MR) is 90.3 cm³/mol. The maximum absolute atomic E-state index is 12.4. The Morgan fingerprint density at radius 3 is 2.57 bits per heavy atom. The van der Waals surface area contributed by atoms with Crippen molar-refractivity contribution in [3.05, 3.63) is 50.7 Å². The van der Waals surface area contributed by atoms with Gasteiger partial charge in [-0.1, -0.05) is 11.6 Å². The van der Waals surface area contributed by atoms with Gasteiger partial charge in [-0.15, -0.1) is 11.3 Å². The summed E-state index contributed by atoms with van der Waals surface area (Å²) in [7, 11) is 0. The second kappa shape index (κ2) is 6.76. The SMILES string of the molecule is CCNc1ccc(C)cc1C(=O)NCc1cc(C)c(C)s1. The zero-order chi connectivity index (χ0) is 15.4. The van der Waals surface area contributed by atoms with Gasteiger partial charge in [-0.2, -0.15) is 0 Å². The molecular weight excluding hydrogens is 280 g/mol. The highest BCUT2D eigenvalue weighted by Crippen LogP contribution is 2.21. The molecule has 1 amide bonds. The molecule has 0 saturated carbocycles. The molecule has 4 heteroatoms. The molecule has 0 radical (unpaired) electrons. The van der Waals surface area contributed by atoms with Gasteiger partial charge in [0.1, 0.15) is 0 Å². The molecule has 21 heavy (non-hydrogen) atoms. The minimum Gasteiger partial charge on any atom is -0.385 e. The molecule has 0 atom stereocenters. The van der Waals surface area contributed by atoms with Gasteiger partial charge in [0, 0.05) is 22.0 Å². The number of hydrogen-bond donors (Lipinski definition) is 2. The lowest BCUT2D eigenvalue weighted by atomic mass is 10.1. The molecule has 2 rings (SSSR count). The second-order valence-corrected chi connectivity index (χ2v) is 6.55. The third kappa shape index (κ3) is 3.85. The summed E-state index contributed by atoms with van der Waals surface area (Å²) in [6.07, 6.45) is 0. The van der Waals surface area contributed by atoms with Crippen molar-refractivity contribution >= 4 is 22.9 Å². The lowest BCUT2D eigenvalue weighted by Crippen LogP contribution is -2.23. The summed E-state index contributed by atoms with van der Waals surface area (Å²) in [4.78, 5) is 14.9. The molecule has 1 heterocycles. The van der Waals surface area contributed by atoms with Crippen LogP contribution in [0.2, 0.25) is 0 Å². The van der Waals surface area contributed by atoms with E-state index in [1.54, 1.807) is 11.3 Å². The second-order valence-electron chi connectivity index (χ2n) is 5.21. The molecule has 2 aromatic rings. The zero-order valence-electron chi connectivity index (χ0n) is 13.0. The molecule has 0 saturated heterocycles. The third-order valence-corrected chi connectivity index (χ3v) is 4.58. The fourth-order valence-electron chi connectivity index (χ4n) is 2.19. The largest absolute Gasteiger partial charge is 0.385 e. The van der Waals surface area contributed by atoms with Crippen molar-refractivity contribution in [2.24, 2.45) is 0 Å². The molecule has 1 aromatic carbocycles. The Morgan fingerprint density at radius 1 is 1.19 bits per heavy atom. The molecule has 3 nitrogen and oxygen atoms in total. The molecular formula is C17H22N2OS. The fourth-order valence-corrected chi connectivity index (χ4v) is 3.18. The number of aryl methyl sites for hydroxylation is 3. The normalized spacial score (nSPS) is 10.5. The van der Waals surface area contributed by atoms with Gasteiger partial charge in [0.2, 0.25) is 0 Å². The van der Waals surface area contributed by atoms with E-state index < -0.39 is 0 Å². The van der Waals surface area contributed by atoms with E-state index in [1.807, 2.05) is 32.0 Å². The summed E-state index contributed by atoms with van der Waals surface area (Å²) < 4.78 is 0. The maximum atomic E-state index is 12.4. The van der Waals surface area contributed by atoms with Gasteiger partial charge in [0.25, 0.3) is 5.91 Å². The van der Waals surface area contributed by atoms with E-state index in [-0.39, 0.29) is 5.91 Å². The molecule has 0 bridgehead atoms. The van der Waals surface area contributed by atoms with Crippen LogP contribution in [-0.4, -0.2) is 12.5 Å². The van der Waals surface area contributed by atoms with Gasteiger partial charge < -0.3 is 10.6 Å². The number of amides is 1. The van der Waals surface area contributed by atoms with Crippen molar-refractivity contribution in [1.82, 2.24) is 5.32 Å². The summed E-state index contributed by atoms with van der Waals surface area (Å²) in [6.45, 7) is 9.61. The standard InChI is InChI=1S/C17H22N2OS/c1-5-18-16-7-6-11(2)8-15(16)17(20)19-10-14-9-12(3)13(4)21-14/h6-9,18H,5,10H2,1-4H3,(H,19,20). The van der Waals surface area contributed by atoms with Gasteiger partial charge in [-0.25, -0.2) is 0 Å². The molecule has 0 fully saturated rings. The molecule has 2 N–H and O–H groups in total. The van der Waals surface area contributed by atoms with Crippen LogP contribution in [0, 0.1) is 20.8 Å². The summed E-state index contributed by atoms with van der Waals surface area (Å²) in [5, 5.41) is 6.25. The number of carbonyl (C=O) groups excluding carboxylic acids is 1. The van der Waals surface area contributed by atoms with Crippen LogP contribution in [0.3, 0.4) is 0 Å². The van der Waals surface area contributed by atoms with E-state index in [4.69, 9.17) is 0 Å². The van der Waals surface area contributed by atoms with Crippen LogP contribution >= 0.6 is 11.3 Å². The van der Waals surface area contributed by atoms with Crippen LogP contribution in [0.25, 0.3) is 0 Å². The summed E-state index contributed by atoms with van der Waals surface area (Å²) in [5.74, 6) is -0.0293. The van der Waals surface area contributed by atoms with E-state index in [1.165, 1.54) is 15.3 Å². The van der Waals surface area contributed by atoms with E-state index in [9.17, 15) is 4.79 Å². The molecule has 0 spiro atoms. The number of benzene rings is 1. The number of hydrogen-bond acceptors (Lipinski definition) is 3. The number of anilines is 1. The van der Waals surface area contributed by atoms with E-state index in [2.05, 4.69) is 30.5 Å². The quantitative estimate of drug-likeness (QED) is 0.875. The fraction of sp³-hybridized carbons (Fsp3) is 0.353. The first-order chi connectivity index (χ1) is 10.0. The van der Waals surface area contributed by atoms with Crippen LogP contribution in [-0.2, 0) is 6.54 Å². The number of thiophene rings is 1. The summed E-state index contributed by atoms with van der Waals surface area (Å²) in [5.41, 5.74) is 3.97. The van der Waals surface area contributed by atoms with E-state index in [0.717, 1.165) is 17.8 Å². The summed E-state index contributed by atoms with van der Waals surface area (Å²) >= 11 is 1.74. The van der Waals surface area contributed by atoms with Crippen molar-refractivity contribution in [2.45, 2.75) is 34.2 Å². The minimum absolute atomic E-state index is 0.0293. The van der Waals surface area contributed by atoms with Gasteiger partial charge >= 0.3 is 0 Å². The highest BCUT2D eigenvalue weighted by atomic mass is 32.1. The molecule has 0 aliphatic carbocycles. The molecule has 1 aromatic heterocycles. The average Bonchev–Trinajstić information content (AvgIpc) is 2.77. The zero-order valence-corrected chi connectivity index (χ0v) is 13.9. The highest BCUT2D eigenvalue weighted by Gasteiger charge is 2.12. The van der Waals surface area contributed by atoms with Crippen LogP contribution in [0.15, 0.2) is 24.3 Å². The van der Waals surface area contributed by atoms with E-state index >= 15 is 0 Å². The van der Waals surface area contributed by atoms with Crippen molar-refractivity contribution in [3.8, 4) is 0 Å². The van der Waals surface area contributed by atoms with Crippen molar-refractivity contribution in [2.75, 3.05) is 11.9 Å². The van der Waals surface area contributed by atoms with Crippen LogP contribution in [0.1, 0.15) is 38.2 Å². The van der Waals surface area contributed by atoms with Crippen LogP contribution in [0.4, 0.5) is 5.69 Å². The lowest BCUT2D eigenvalue weighted by molar-refractivity contribution is 0.0952. The summed E-state index contributed by atoms with van der Waals surface area (Å²) in [6, 6.07) is 8.05. The van der Waals surface area contributed by atoms with Crippen LogP contribution in [0.5, 0.6) is 0 Å². The number of carbonyl (C=O) groups is 1.